The fourth-order valence-corrected chi connectivity index (χ4v) is 1.99. The van der Waals surface area contributed by atoms with Crippen LogP contribution in [-0.2, 0) is 9.47 Å². The Balaban J connectivity index is 2.02. The van der Waals surface area contributed by atoms with Crippen LogP contribution in [0.3, 0.4) is 0 Å². The molecule has 1 aromatic carbocycles. The maximum absolute atomic E-state index is 11.7. The Kier molecular flexibility index (Phi) is 4.34. The molecule has 1 aliphatic rings. The summed E-state index contributed by atoms with van der Waals surface area (Å²) >= 11 is 5.66. The third-order valence-electron chi connectivity index (χ3n) is 2.80. The minimum Gasteiger partial charge on any atom is -0.459 e. The van der Waals surface area contributed by atoms with Crippen LogP contribution in [0.1, 0.15) is 23.2 Å². The molecule has 1 aromatic rings. The van der Waals surface area contributed by atoms with Crippen LogP contribution in [0.25, 0.3) is 0 Å². The third kappa shape index (κ3) is 3.42. The van der Waals surface area contributed by atoms with Crippen molar-refractivity contribution in [2.45, 2.75) is 18.9 Å². The Bertz CT molecular complexity index is 499. The van der Waals surface area contributed by atoms with E-state index in [2.05, 4.69) is 0 Å². The van der Waals surface area contributed by atoms with Gasteiger partial charge in [-0.3, -0.25) is 10.1 Å². The average molecular weight is 286 g/mol. The first kappa shape index (κ1) is 13.8. The summed E-state index contributed by atoms with van der Waals surface area (Å²) in [6, 6.07) is 3.82. The third-order valence-corrected chi connectivity index (χ3v) is 3.12. The van der Waals surface area contributed by atoms with E-state index in [9.17, 15) is 14.9 Å². The Morgan fingerprint density at radius 1 is 1.58 bits per heavy atom. The number of carbonyl (C=O) groups excluding carboxylic acids is 1. The molecule has 0 bridgehead atoms. The van der Waals surface area contributed by atoms with Crippen molar-refractivity contribution in [3.8, 4) is 0 Å². The molecule has 6 nitrogen and oxygen atoms in total. The van der Waals surface area contributed by atoms with E-state index in [-0.39, 0.29) is 29.0 Å². The van der Waals surface area contributed by atoms with E-state index in [4.69, 9.17) is 21.1 Å². The number of hydrogen-bond donors (Lipinski definition) is 0. The van der Waals surface area contributed by atoms with Gasteiger partial charge in [0.25, 0.3) is 5.69 Å². The van der Waals surface area contributed by atoms with Gasteiger partial charge in [0.1, 0.15) is 11.6 Å². The fourth-order valence-electron chi connectivity index (χ4n) is 1.81. The van der Waals surface area contributed by atoms with Crippen LogP contribution in [0.2, 0.25) is 5.02 Å². The monoisotopic (exact) mass is 285 g/mol. The summed E-state index contributed by atoms with van der Waals surface area (Å²) in [5, 5.41) is 10.7. The number of nitro groups is 1. The molecule has 0 aromatic heterocycles. The van der Waals surface area contributed by atoms with Gasteiger partial charge >= 0.3 is 5.97 Å². The molecule has 2 rings (SSSR count). The molecule has 7 heteroatoms. The van der Waals surface area contributed by atoms with E-state index in [0.29, 0.717) is 6.61 Å². The van der Waals surface area contributed by atoms with E-state index in [1.165, 1.54) is 12.1 Å². The van der Waals surface area contributed by atoms with Gasteiger partial charge in [-0.05, 0) is 25.0 Å². The van der Waals surface area contributed by atoms with Gasteiger partial charge in [0.2, 0.25) is 0 Å². The van der Waals surface area contributed by atoms with Crippen molar-refractivity contribution < 1.29 is 19.2 Å². The second-order valence-corrected chi connectivity index (χ2v) is 4.56. The highest BCUT2D eigenvalue weighted by atomic mass is 35.5. The molecular weight excluding hydrogens is 274 g/mol. The zero-order valence-electron chi connectivity index (χ0n) is 10.0. The molecule has 1 unspecified atom stereocenters. The molecule has 0 amide bonds. The van der Waals surface area contributed by atoms with Crippen molar-refractivity contribution in [1.82, 2.24) is 0 Å². The standard InChI is InChI=1S/C12H12ClNO5/c13-10-4-3-8(6-11(10)14(16)17)12(15)19-7-9-2-1-5-18-9/h3-4,6,9H,1-2,5,7H2. The lowest BCUT2D eigenvalue weighted by Gasteiger charge is -2.10. The maximum Gasteiger partial charge on any atom is 0.338 e. The smallest absolute Gasteiger partial charge is 0.338 e. The van der Waals surface area contributed by atoms with Crippen molar-refractivity contribution in [2.75, 3.05) is 13.2 Å². The van der Waals surface area contributed by atoms with Crippen molar-refractivity contribution in [1.29, 1.82) is 0 Å². The normalized spacial score (nSPS) is 18.3. The van der Waals surface area contributed by atoms with Gasteiger partial charge in [0.15, 0.2) is 0 Å². The summed E-state index contributed by atoms with van der Waals surface area (Å²) in [5.41, 5.74) is -0.206. The van der Waals surface area contributed by atoms with E-state index in [1.807, 2.05) is 0 Å². The topological polar surface area (TPSA) is 78.7 Å². The Morgan fingerprint density at radius 2 is 2.37 bits per heavy atom. The maximum atomic E-state index is 11.7. The lowest BCUT2D eigenvalue weighted by Crippen LogP contribution is -2.17. The number of rotatable bonds is 4. The molecular formula is C12H12ClNO5. The quantitative estimate of drug-likeness (QED) is 0.482. The molecule has 19 heavy (non-hydrogen) atoms. The van der Waals surface area contributed by atoms with Gasteiger partial charge in [0, 0.05) is 12.7 Å². The van der Waals surface area contributed by atoms with Gasteiger partial charge < -0.3 is 9.47 Å². The molecule has 1 saturated heterocycles. The van der Waals surface area contributed by atoms with Crippen molar-refractivity contribution in [3.63, 3.8) is 0 Å². The first-order chi connectivity index (χ1) is 9.08. The SMILES string of the molecule is O=C(OCC1CCCO1)c1ccc(Cl)c([N+](=O)[O-])c1. The summed E-state index contributed by atoms with van der Waals surface area (Å²) in [5.74, 6) is -0.615. The highest BCUT2D eigenvalue weighted by molar-refractivity contribution is 6.32. The zero-order valence-corrected chi connectivity index (χ0v) is 10.8. The molecule has 102 valence electrons. The van der Waals surface area contributed by atoms with Crippen LogP contribution < -0.4 is 0 Å². The lowest BCUT2D eigenvalue weighted by molar-refractivity contribution is -0.384. The first-order valence-corrected chi connectivity index (χ1v) is 6.18. The highest BCUT2D eigenvalue weighted by Crippen LogP contribution is 2.25. The molecule has 0 spiro atoms. The van der Waals surface area contributed by atoms with Crippen molar-refractivity contribution in [2.24, 2.45) is 0 Å². The highest BCUT2D eigenvalue weighted by Gasteiger charge is 2.20. The van der Waals surface area contributed by atoms with Gasteiger partial charge in [-0.25, -0.2) is 4.79 Å². The van der Waals surface area contributed by atoms with Gasteiger partial charge in [0.05, 0.1) is 16.6 Å². The second kappa shape index (κ2) is 5.99. The van der Waals surface area contributed by atoms with Crippen LogP contribution in [0, 0.1) is 10.1 Å². The Morgan fingerprint density at radius 3 is 3.00 bits per heavy atom. The number of nitro benzene ring substituents is 1. The van der Waals surface area contributed by atoms with E-state index < -0.39 is 10.9 Å². The largest absolute Gasteiger partial charge is 0.459 e. The molecule has 0 radical (unpaired) electrons. The molecule has 0 N–H and O–H groups in total. The molecule has 0 aliphatic carbocycles. The molecule has 1 fully saturated rings. The number of carbonyl (C=O) groups is 1. The molecule has 1 aliphatic heterocycles. The fraction of sp³-hybridized carbons (Fsp3) is 0.417. The van der Waals surface area contributed by atoms with E-state index in [1.54, 1.807) is 0 Å². The predicted octanol–water partition coefficient (Wildman–Crippen LogP) is 2.58. The van der Waals surface area contributed by atoms with Crippen molar-refractivity contribution in [3.05, 3.63) is 38.9 Å². The van der Waals surface area contributed by atoms with E-state index >= 15 is 0 Å². The minimum atomic E-state index is -0.640. The van der Waals surface area contributed by atoms with Gasteiger partial charge in [-0.2, -0.15) is 0 Å². The van der Waals surface area contributed by atoms with Crippen LogP contribution in [0.5, 0.6) is 0 Å². The number of benzene rings is 1. The van der Waals surface area contributed by atoms with Gasteiger partial charge in [-0.1, -0.05) is 11.6 Å². The first-order valence-electron chi connectivity index (χ1n) is 5.80. The molecule has 1 heterocycles. The van der Waals surface area contributed by atoms with Crippen molar-refractivity contribution >= 4 is 23.3 Å². The molecule has 0 saturated carbocycles. The Hall–Kier alpha value is -1.66. The van der Waals surface area contributed by atoms with Crippen LogP contribution in [0.15, 0.2) is 18.2 Å². The molecule has 1 atom stereocenters. The summed E-state index contributed by atoms with van der Waals surface area (Å²) in [6.07, 6.45) is 1.73. The number of ether oxygens (including phenoxy) is 2. The minimum absolute atomic E-state index is 0.0133. The van der Waals surface area contributed by atoms with Crippen LogP contribution in [-0.4, -0.2) is 30.2 Å². The average Bonchev–Trinajstić information content (AvgIpc) is 2.89. The summed E-state index contributed by atoms with van der Waals surface area (Å²) < 4.78 is 10.4. The predicted molar refractivity (Wildman–Crippen MR) is 67.4 cm³/mol. The summed E-state index contributed by atoms with van der Waals surface area (Å²) in [7, 11) is 0. The zero-order chi connectivity index (χ0) is 13.8. The number of hydrogen-bond acceptors (Lipinski definition) is 5. The van der Waals surface area contributed by atoms with Crippen LogP contribution >= 0.6 is 11.6 Å². The number of esters is 1. The van der Waals surface area contributed by atoms with Gasteiger partial charge in [-0.15, -0.1) is 0 Å². The summed E-state index contributed by atoms with van der Waals surface area (Å²) in [4.78, 5) is 21.8. The van der Waals surface area contributed by atoms with E-state index in [0.717, 1.165) is 18.9 Å². The lowest BCUT2D eigenvalue weighted by atomic mass is 10.2. The second-order valence-electron chi connectivity index (χ2n) is 4.16. The number of halogens is 1. The summed E-state index contributed by atoms with van der Waals surface area (Å²) in [6.45, 7) is 0.837. The Labute approximate surface area is 114 Å². The number of nitrogens with zero attached hydrogens (tertiary/aromatic N) is 1. The van der Waals surface area contributed by atoms with Crippen LogP contribution in [0.4, 0.5) is 5.69 Å².